The normalized spacial score (nSPS) is 11.9. The van der Waals surface area contributed by atoms with Crippen LogP contribution >= 0.6 is 0 Å². The Kier molecular flexibility index (Phi) is 5.49. The van der Waals surface area contributed by atoms with Crippen LogP contribution in [-0.2, 0) is 9.53 Å². The van der Waals surface area contributed by atoms with E-state index >= 15 is 0 Å². The standard InChI is InChI=1S/C13H19NO3/c1-3-16-12-8-6-5-7-10(12)11(14)9-13(15)17-4-2/h5-8,11H,3-4,9,14H2,1-2H3/t11-/m1/s1. The Hall–Kier alpha value is -1.55. The minimum atomic E-state index is -0.392. The zero-order valence-electron chi connectivity index (χ0n) is 10.3. The first-order valence-corrected chi connectivity index (χ1v) is 5.82. The smallest absolute Gasteiger partial charge is 0.307 e. The summed E-state index contributed by atoms with van der Waals surface area (Å²) in [6.45, 7) is 4.63. The van der Waals surface area contributed by atoms with Gasteiger partial charge in [0.15, 0.2) is 0 Å². The Morgan fingerprint density at radius 1 is 1.29 bits per heavy atom. The lowest BCUT2D eigenvalue weighted by molar-refractivity contribution is -0.143. The number of benzene rings is 1. The number of hydrogen-bond donors (Lipinski definition) is 1. The van der Waals surface area contributed by atoms with Crippen molar-refractivity contribution in [3.8, 4) is 5.75 Å². The molecule has 0 fully saturated rings. The fraction of sp³-hybridized carbons (Fsp3) is 0.462. The molecule has 0 aromatic heterocycles. The molecule has 1 aromatic carbocycles. The van der Waals surface area contributed by atoms with Gasteiger partial charge in [0, 0.05) is 11.6 Å². The maximum atomic E-state index is 11.4. The summed E-state index contributed by atoms with van der Waals surface area (Å²) < 4.78 is 10.3. The van der Waals surface area contributed by atoms with Crippen LogP contribution in [0.4, 0.5) is 0 Å². The molecule has 0 spiro atoms. The van der Waals surface area contributed by atoms with Crippen LogP contribution in [0.5, 0.6) is 5.75 Å². The maximum Gasteiger partial charge on any atom is 0.307 e. The van der Waals surface area contributed by atoms with Crippen molar-refractivity contribution in [3.63, 3.8) is 0 Å². The van der Waals surface area contributed by atoms with Crippen LogP contribution in [0.15, 0.2) is 24.3 Å². The topological polar surface area (TPSA) is 61.5 Å². The summed E-state index contributed by atoms with van der Waals surface area (Å²) in [5.74, 6) is 0.443. The molecule has 0 radical (unpaired) electrons. The Morgan fingerprint density at radius 2 is 2.00 bits per heavy atom. The summed E-state index contributed by atoms with van der Waals surface area (Å²) in [6.07, 6.45) is 0.165. The van der Waals surface area contributed by atoms with Crippen LogP contribution in [0.3, 0.4) is 0 Å². The molecule has 94 valence electrons. The molecule has 0 saturated heterocycles. The number of carbonyl (C=O) groups excluding carboxylic acids is 1. The lowest BCUT2D eigenvalue weighted by atomic mass is 10.0. The highest BCUT2D eigenvalue weighted by molar-refractivity contribution is 5.70. The minimum absolute atomic E-state index is 0.165. The van der Waals surface area contributed by atoms with Crippen LogP contribution in [0.2, 0.25) is 0 Å². The van der Waals surface area contributed by atoms with Gasteiger partial charge < -0.3 is 15.2 Å². The van der Waals surface area contributed by atoms with Gasteiger partial charge in [0.25, 0.3) is 0 Å². The second-order valence-corrected chi connectivity index (χ2v) is 3.59. The molecule has 1 atom stereocenters. The Balaban J connectivity index is 2.73. The highest BCUT2D eigenvalue weighted by atomic mass is 16.5. The van der Waals surface area contributed by atoms with E-state index in [1.54, 1.807) is 6.92 Å². The van der Waals surface area contributed by atoms with E-state index in [1.165, 1.54) is 0 Å². The second kappa shape index (κ2) is 6.91. The first-order valence-electron chi connectivity index (χ1n) is 5.82. The van der Waals surface area contributed by atoms with Gasteiger partial charge in [-0.25, -0.2) is 0 Å². The zero-order chi connectivity index (χ0) is 12.7. The Morgan fingerprint density at radius 3 is 2.65 bits per heavy atom. The second-order valence-electron chi connectivity index (χ2n) is 3.59. The monoisotopic (exact) mass is 237 g/mol. The maximum absolute atomic E-state index is 11.4. The lowest BCUT2D eigenvalue weighted by Gasteiger charge is -2.15. The molecule has 17 heavy (non-hydrogen) atoms. The van der Waals surface area contributed by atoms with Gasteiger partial charge in [-0.2, -0.15) is 0 Å². The Labute approximate surface area is 102 Å². The minimum Gasteiger partial charge on any atom is -0.494 e. The van der Waals surface area contributed by atoms with E-state index < -0.39 is 6.04 Å². The molecule has 2 N–H and O–H groups in total. The number of rotatable bonds is 6. The molecule has 0 aliphatic heterocycles. The van der Waals surface area contributed by atoms with E-state index in [2.05, 4.69) is 0 Å². The molecule has 4 nitrogen and oxygen atoms in total. The van der Waals surface area contributed by atoms with E-state index in [-0.39, 0.29) is 12.4 Å². The molecule has 0 aliphatic carbocycles. The van der Waals surface area contributed by atoms with Crippen molar-refractivity contribution >= 4 is 5.97 Å². The third-order valence-electron chi connectivity index (χ3n) is 2.31. The average Bonchev–Trinajstić information content (AvgIpc) is 2.30. The molecule has 1 rings (SSSR count). The molecule has 0 saturated carbocycles. The van der Waals surface area contributed by atoms with Crippen LogP contribution in [0.25, 0.3) is 0 Å². The van der Waals surface area contributed by atoms with Crippen LogP contribution in [0.1, 0.15) is 31.9 Å². The van der Waals surface area contributed by atoms with Crippen LogP contribution in [0, 0.1) is 0 Å². The number of ether oxygens (including phenoxy) is 2. The molecule has 4 heteroatoms. The van der Waals surface area contributed by atoms with Crippen molar-refractivity contribution in [2.45, 2.75) is 26.3 Å². The van der Waals surface area contributed by atoms with Crippen molar-refractivity contribution in [1.29, 1.82) is 0 Å². The number of nitrogens with two attached hydrogens (primary N) is 1. The number of carbonyl (C=O) groups is 1. The van der Waals surface area contributed by atoms with Crippen molar-refractivity contribution in [2.75, 3.05) is 13.2 Å². The number of hydrogen-bond acceptors (Lipinski definition) is 4. The molecule has 0 aliphatic rings. The summed E-state index contributed by atoms with van der Waals surface area (Å²) in [5, 5.41) is 0. The van der Waals surface area contributed by atoms with Gasteiger partial charge in [-0.1, -0.05) is 18.2 Å². The van der Waals surface area contributed by atoms with Crippen molar-refractivity contribution in [2.24, 2.45) is 5.73 Å². The fourth-order valence-electron chi connectivity index (χ4n) is 1.58. The van der Waals surface area contributed by atoms with E-state index in [1.807, 2.05) is 31.2 Å². The number of esters is 1. The van der Waals surface area contributed by atoms with E-state index in [9.17, 15) is 4.79 Å². The van der Waals surface area contributed by atoms with E-state index in [0.29, 0.717) is 13.2 Å². The van der Waals surface area contributed by atoms with Gasteiger partial charge in [0.05, 0.1) is 19.6 Å². The van der Waals surface area contributed by atoms with Crippen molar-refractivity contribution in [1.82, 2.24) is 0 Å². The summed E-state index contributed by atoms with van der Waals surface area (Å²) in [4.78, 5) is 11.4. The third kappa shape index (κ3) is 4.07. The van der Waals surface area contributed by atoms with Gasteiger partial charge >= 0.3 is 5.97 Å². The van der Waals surface area contributed by atoms with Crippen molar-refractivity contribution in [3.05, 3.63) is 29.8 Å². The zero-order valence-corrected chi connectivity index (χ0v) is 10.3. The van der Waals surface area contributed by atoms with Gasteiger partial charge in [0.1, 0.15) is 5.75 Å². The quantitative estimate of drug-likeness (QED) is 0.769. The fourth-order valence-corrected chi connectivity index (χ4v) is 1.58. The summed E-state index contributed by atoms with van der Waals surface area (Å²) >= 11 is 0. The number of para-hydroxylation sites is 1. The first-order chi connectivity index (χ1) is 8.19. The molecule has 0 amide bonds. The van der Waals surface area contributed by atoms with Crippen LogP contribution in [-0.4, -0.2) is 19.2 Å². The largest absolute Gasteiger partial charge is 0.494 e. The van der Waals surface area contributed by atoms with Gasteiger partial charge in [0.2, 0.25) is 0 Å². The molecular weight excluding hydrogens is 218 g/mol. The van der Waals surface area contributed by atoms with Gasteiger partial charge in [-0.05, 0) is 19.9 Å². The molecular formula is C13H19NO3. The van der Waals surface area contributed by atoms with E-state index in [0.717, 1.165) is 11.3 Å². The van der Waals surface area contributed by atoms with Crippen LogP contribution < -0.4 is 10.5 Å². The highest BCUT2D eigenvalue weighted by Crippen LogP contribution is 2.25. The Bertz CT molecular complexity index is 365. The lowest BCUT2D eigenvalue weighted by Crippen LogP contribution is -2.18. The van der Waals surface area contributed by atoms with E-state index in [4.69, 9.17) is 15.2 Å². The molecule has 1 aromatic rings. The first kappa shape index (κ1) is 13.5. The SMILES string of the molecule is CCOC(=O)C[C@@H](N)c1ccccc1OCC. The molecule has 0 bridgehead atoms. The highest BCUT2D eigenvalue weighted by Gasteiger charge is 2.16. The molecule has 0 unspecified atom stereocenters. The molecule has 0 heterocycles. The predicted molar refractivity (Wildman–Crippen MR) is 65.8 cm³/mol. The average molecular weight is 237 g/mol. The summed E-state index contributed by atoms with van der Waals surface area (Å²) in [5.41, 5.74) is 6.81. The van der Waals surface area contributed by atoms with Gasteiger partial charge in [-0.15, -0.1) is 0 Å². The third-order valence-corrected chi connectivity index (χ3v) is 2.31. The van der Waals surface area contributed by atoms with Gasteiger partial charge in [-0.3, -0.25) is 4.79 Å². The van der Waals surface area contributed by atoms with Crippen molar-refractivity contribution < 1.29 is 14.3 Å². The summed E-state index contributed by atoms with van der Waals surface area (Å²) in [7, 11) is 0. The predicted octanol–water partition coefficient (Wildman–Crippen LogP) is 2.04. The summed E-state index contributed by atoms with van der Waals surface area (Å²) in [6, 6.07) is 7.09.